The van der Waals surface area contributed by atoms with E-state index in [4.69, 9.17) is 4.74 Å². The fraction of sp³-hybridized carbons (Fsp3) is 0.615. The number of nitrogens with zero attached hydrogens (tertiary/aromatic N) is 1. The molecule has 1 aromatic rings. The first-order valence-electron chi connectivity index (χ1n) is 6.57. The van der Waals surface area contributed by atoms with E-state index in [1.54, 1.807) is 18.7 Å². The number of ether oxygens (including phenoxy) is 1. The lowest BCUT2D eigenvalue weighted by atomic mass is 10.0. The Hall–Kier alpha value is -1.34. The van der Waals surface area contributed by atoms with Crippen LogP contribution >= 0.6 is 11.8 Å². The van der Waals surface area contributed by atoms with Crippen LogP contribution in [0.5, 0.6) is 0 Å². The van der Waals surface area contributed by atoms with Crippen molar-refractivity contribution in [2.24, 2.45) is 0 Å². The van der Waals surface area contributed by atoms with Gasteiger partial charge in [-0.1, -0.05) is 0 Å². The highest BCUT2D eigenvalue weighted by Gasteiger charge is 2.35. The van der Waals surface area contributed by atoms with Crippen molar-refractivity contribution >= 4 is 17.7 Å². The van der Waals surface area contributed by atoms with Gasteiger partial charge in [0.25, 0.3) is 5.56 Å². The van der Waals surface area contributed by atoms with Gasteiger partial charge >= 0.3 is 5.97 Å². The minimum absolute atomic E-state index is 0.0428. The first kappa shape index (κ1) is 15.1. The molecule has 110 valence electrons. The summed E-state index contributed by atoms with van der Waals surface area (Å²) in [7, 11) is 0. The molecule has 2 heterocycles. The van der Waals surface area contributed by atoms with Crippen molar-refractivity contribution in [2.45, 2.75) is 38.0 Å². The lowest BCUT2D eigenvalue weighted by molar-refractivity contribution is 0.0514. The first-order valence-corrected chi connectivity index (χ1v) is 7.56. The third kappa shape index (κ3) is 2.73. The van der Waals surface area contributed by atoms with Crippen molar-refractivity contribution in [2.75, 3.05) is 12.4 Å². The van der Waals surface area contributed by atoms with Gasteiger partial charge in [0, 0.05) is 0 Å². The van der Waals surface area contributed by atoms with E-state index in [0.717, 1.165) is 18.6 Å². The number of aliphatic hydroxyl groups is 1. The fourth-order valence-electron chi connectivity index (χ4n) is 2.23. The second-order valence-electron chi connectivity index (χ2n) is 4.80. The van der Waals surface area contributed by atoms with Crippen LogP contribution < -0.4 is 5.56 Å². The average Bonchev–Trinajstić information content (AvgIpc) is 2.86. The first-order chi connectivity index (χ1) is 9.51. The molecule has 1 atom stereocenters. The molecule has 0 saturated carbocycles. The van der Waals surface area contributed by atoms with Gasteiger partial charge in [0.2, 0.25) is 0 Å². The zero-order valence-electron chi connectivity index (χ0n) is 11.6. The van der Waals surface area contributed by atoms with Crippen LogP contribution in [0.25, 0.3) is 0 Å². The molecule has 1 aliphatic heterocycles. The Morgan fingerprint density at radius 2 is 2.35 bits per heavy atom. The van der Waals surface area contributed by atoms with Crippen LogP contribution in [0.3, 0.4) is 0 Å². The normalized spacial score (nSPS) is 21.9. The molecule has 0 spiro atoms. The molecule has 1 aromatic heterocycles. The van der Waals surface area contributed by atoms with Gasteiger partial charge in [-0.05, 0) is 32.4 Å². The Balaban J connectivity index is 2.51. The SMILES string of the molecule is CCOC(=O)c1nc(C2(C)CCCS2)[nH]c(=O)c1CO. The number of rotatable bonds is 4. The maximum atomic E-state index is 12.0. The Kier molecular flexibility index (Phi) is 4.49. The van der Waals surface area contributed by atoms with Crippen molar-refractivity contribution < 1.29 is 14.6 Å². The second kappa shape index (κ2) is 5.97. The van der Waals surface area contributed by atoms with Gasteiger partial charge < -0.3 is 14.8 Å². The maximum absolute atomic E-state index is 12.0. The number of nitrogens with one attached hydrogen (secondary N) is 1. The number of esters is 1. The maximum Gasteiger partial charge on any atom is 0.357 e. The largest absolute Gasteiger partial charge is 0.461 e. The summed E-state index contributed by atoms with van der Waals surface area (Å²) in [5.74, 6) is 0.803. The molecule has 0 amide bonds. The van der Waals surface area contributed by atoms with Crippen LogP contribution in [0.1, 0.15) is 48.6 Å². The molecule has 1 saturated heterocycles. The van der Waals surface area contributed by atoms with Gasteiger partial charge in [-0.15, -0.1) is 11.8 Å². The molecule has 1 aliphatic rings. The van der Waals surface area contributed by atoms with E-state index in [9.17, 15) is 14.7 Å². The van der Waals surface area contributed by atoms with Gasteiger partial charge in [-0.2, -0.15) is 0 Å². The fourth-order valence-corrected chi connectivity index (χ4v) is 3.49. The molecule has 0 bridgehead atoms. The van der Waals surface area contributed by atoms with Gasteiger partial charge in [0.1, 0.15) is 5.82 Å². The highest BCUT2D eigenvalue weighted by molar-refractivity contribution is 8.00. The number of hydrogen-bond donors (Lipinski definition) is 2. The average molecular weight is 298 g/mol. The Bertz CT molecular complexity index is 564. The summed E-state index contributed by atoms with van der Waals surface area (Å²) in [4.78, 5) is 30.9. The lowest BCUT2D eigenvalue weighted by Gasteiger charge is -2.22. The van der Waals surface area contributed by atoms with E-state index in [1.165, 1.54) is 0 Å². The second-order valence-corrected chi connectivity index (χ2v) is 6.40. The number of carbonyl (C=O) groups is 1. The van der Waals surface area contributed by atoms with E-state index in [2.05, 4.69) is 9.97 Å². The van der Waals surface area contributed by atoms with Crippen molar-refractivity contribution in [3.8, 4) is 0 Å². The van der Waals surface area contributed by atoms with Gasteiger partial charge in [-0.25, -0.2) is 9.78 Å². The summed E-state index contributed by atoms with van der Waals surface area (Å²) in [5.41, 5.74) is -0.602. The van der Waals surface area contributed by atoms with Crippen LogP contribution in [-0.4, -0.2) is 33.4 Å². The molecule has 20 heavy (non-hydrogen) atoms. The number of H-pyrrole nitrogens is 1. The van der Waals surface area contributed by atoms with Crippen LogP contribution in [0.4, 0.5) is 0 Å². The summed E-state index contributed by atoms with van der Waals surface area (Å²) >= 11 is 1.71. The van der Waals surface area contributed by atoms with E-state index in [1.807, 2.05) is 6.92 Å². The van der Waals surface area contributed by atoms with Crippen molar-refractivity contribution in [3.63, 3.8) is 0 Å². The number of thioether (sulfide) groups is 1. The molecule has 7 heteroatoms. The van der Waals surface area contributed by atoms with Gasteiger partial charge in [0.15, 0.2) is 5.69 Å². The minimum atomic E-state index is -0.671. The zero-order valence-corrected chi connectivity index (χ0v) is 12.4. The highest BCUT2D eigenvalue weighted by Crippen LogP contribution is 2.44. The highest BCUT2D eigenvalue weighted by atomic mass is 32.2. The molecule has 0 aliphatic carbocycles. The van der Waals surface area contributed by atoms with Crippen molar-refractivity contribution in [1.82, 2.24) is 9.97 Å². The van der Waals surface area contributed by atoms with Crippen LogP contribution in [0.2, 0.25) is 0 Å². The summed E-state index contributed by atoms with van der Waals surface area (Å²) < 4.78 is 4.61. The van der Waals surface area contributed by atoms with Crippen LogP contribution in [0, 0.1) is 0 Å². The number of aromatic nitrogens is 2. The Morgan fingerprint density at radius 1 is 1.60 bits per heavy atom. The van der Waals surface area contributed by atoms with Gasteiger partial charge in [-0.3, -0.25) is 4.79 Å². The lowest BCUT2D eigenvalue weighted by Crippen LogP contribution is -2.29. The van der Waals surface area contributed by atoms with E-state index < -0.39 is 18.1 Å². The number of aliphatic hydroxyl groups excluding tert-OH is 1. The predicted molar refractivity (Wildman–Crippen MR) is 75.8 cm³/mol. The quantitative estimate of drug-likeness (QED) is 0.811. The molecule has 1 fully saturated rings. The molecular weight excluding hydrogens is 280 g/mol. The molecule has 1 unspecified atom stereocenters. The minimum Gasteiger partial charge on any atom is -0.461 e. The monoisotopic (exact) mass is 298 g/mol. The molecule has 2 N–H and O–H groups in total. The van der Waals surface area contributed by atoms with Crippen molar-refractivity contribution in [1.29, 1.82) is 0 Å². The number of hydrogen-bond acceptors (Lipinski definition) is 6. The number of aromatic amines is 1. The summed E-state index contributed by atoms with van der Waals surface area (Å²) in [6.45, 7) is 3.33. The third-order valence-corrected chi connectivity index (χ3v) is 4.89. The summed E-state index contributed by atoms with van der Waals surface area (Å²) in [6.07, 6.45) is 1.93. The molecule has 0 aromatic carbocycles. The Labute approximate surface area is 121 Å². The topological polar surface area (TPSA) is 92.3 Å². The molecule has 2 rings (SSSR count). The van der Waals surface area contributed by atoms with E-state index in [-0.39, 0.29) is 22.6 Å². The zero-order chi connectivity index (χ0) is 14.8. The van der Waals surface area contributed by atoms with Crippen molar-refractivity contribution in [3.05, 3.63) is 27.4 Å². The van der Waals surface area contributed by atoms with E-state index >= 15 is 0 Å². The Morgan fingerprint density at radius 3 is 2.90 bits per heavy atom. The molecular formula is C13H18N2O4S. The van der Waals surface area contributed by atoms with Gasteiger partial charge in [0.05, 0.1) is 23.5 Å². The molecule has 6 nitrogen and oxygen atoms in total. The van der Waals surface area contributed by atoms with E-state index in [0.29, 0.717) is 5.82 Å². The predicted octanol–water partition coefficient (Wildman–Crippen LogP) is 1.18. The number of carbonyl (C=O) groups excluding carboxylic acids is 1. The summed E-state index contributed by atoms with van der Waals surface area (Å²) in [5, 5.41) is 9.26. The third-order valence-electron chi connectivity index (χ3n) is 3.36. The smallest absolute Gasteiger partial charge is 0.357 e. The summed E-state index contributed by atoms with van der Waals surface area (Å²) in [6, 6.07) is 0. The standard InChI is InChI=1S/C13H18N2O4S/c1-3-19-11(18)9-8(7-16)10(17)15-12(14-9)13(2)5-4-6-20-13/h16H,3-7H2,1-2H3,(H,14,15,17). The van der Waals surface area contributed by atoms with Crippen LogP contribution in [-0.2, 0) is 16.1 Å². The molecule has 0 radical (unpaired) electrons. The van der Waals surface area contributed by atoms with Crippen LogP contribution in [0.15, 0.2) is 4.79 Å².